The van der Waals surface area contributed by atoms with Crippen molar-refractivity contribution in [2.24, 2.45) is 0 Å². The number of hydrogen-bond acceptors (Lipinski definition) is 2. The molecule has 17 heavy (non-hydrogen) atoms. The van der Waals surface area contributed by atoms with Crippen LogP contribution in [0.5, 0.6) is 0 Å². The van der Waals surface area contributed by atoms with Gasteiger partial charge in [-0.1, -0.05) is 11.6 Å². The van der Waals surface area contributed by atoms with Crippen LogP contribution in [0.25, 0.3) is 10.9 Å². The molecule has 3 nitrogen and oxygen atoms in total. The van der Waals surface area contributed by atoms with Gasteiger partial charge in [-0.15, -0.1) is 0 Å². The summed E-state index contributed by atoms with van der Waals surface area (Å²) in [5.41, 5.74) is 1.99. The second-order valence-corrected chi connectivity index (χ2v) is 7.13. The zero-order chi connectivity index (χ0) is 12.5. The van der Waals surface area contributed by atoms with Crippen molar-refractivity contribution in [3.63, 3.8) is 0 Å². The highest BCUT2D eigenvalue weighted by Crippen LogP contribution is 2.47. The van der Waals surface area contributed by atoms with Crippen LogP contribution in [0.4, 0.5) is 0 Å². The number of aromatic nitrogens is 1. The van der Waals surface area contributed by atoms with Crippen LogP contribution in [0.2, 0.25) is 5.02 Å². The third-order valence-corrected chi connectivity index (χ3v) is 4.54. The predicted octanol–water partition coefficient (Wildman–Crippen LogP) is 4.27. The number of rotatable bonds is 4. The third-order valence-electron chi connectivity index (χ3n) is 2.59. The van der Waals surface area contributed by atoms with Gasteiger partial charge in [0.2, 0.25) is 7.37 Å². The largest absolute Gasteiger partial charge is 0.361 e. The molecule has 0 fully saturated rings. The van der Waals surface area contributed by atoms with E-state index in [9.17, 15) is 4.57 Å². The van der Waals surface area contributed by atoms with Gasteiger partial charge in [-0.3, -0.25) is 4.57 Å². The lowest BCUT2D eigenvalue weighted by Crippen LogP contribution is -1.91. The first-order valence-corrected chi connectivity index (χ1v) is 8.12. The molecule has 0 aliphatic rings. The lowest BCUT2D eigenvalue weighted by Gasteiger charge is -2.11. The van der Waals surface area contributed by atoms with E-state index in [1.54, 1.807) is 6.66 Å². The van der Waals surface area contributed by atoms with E-state index in [-0.39, 0.29) is 0 Å². The number of halogens is 1. The van der Waals surface area contributed by atoms with Crippen LogP contribution < -0.4 is 0 Å². The van der Waals surface area contributed by atoms with E-state index in [4.69, 9.17) is 16.1 Å². The highest BCUT2D eigenvalue weighted by molar-refractivity contribution is 7.57. The summed E-state index contributed by atoms with van der Waals surface area (Å²) in [7, 11) is -2.56. The molecule has 0 bridgehead atoms. The van der Waals surface area contributed by atoms with Crippen molar-refractivity contribution in [2.45, 2.75) is 13.1 Å². The summed E-state index contributed by atoms with van der Waals surface area (Å²) < 4.78 is 17.4. The van der Waals surface area contributed by atoms with Crippen LogP contribution in [-0.2, 0) is 15.3 Å². The molecule has 1 heterocycles. The molecule has 2 aromatic rings. The summed E-state index contributed by atoms with van der Waals surface area (Å²) in [5.74, 6) is 0. The van der Waals surface area contributed by atoms with Gasteiger partial charge in [-0.2, -0.15) is 0 Å². The lowest BCUT2D eigenvalue weighted by atomic mass is 10.2. The van der Waals surface area contributed by atoms with E-state index in [0.29, 0.717) is 17.8 Å². The molecule has 0 spiro atoms. The van der Waals surface area contributed by atoms with Crippen LogP contribution >= 0.6 is 19.0 Å². The summed E-state index contributed by atoms with van der Waals surface area (Å²) in [6.07, 6.45) is 2.30. The first kappa shape index (κ1) is 12.7. The zero-order valence-corrected chi connectivity index (χ0v) is 11.5. The molecule has 2 rings (SSSR count). The molecule has 0 saturated carbocycles. The van der Waals surface area contributed by atoms with Crippen molar-refractivity contribution < 1.29 is 9.09 Å². The Labute approximate surface area is 106 Å². The summed E-state index contributed by atoms with van der Waals surface area (Å²) in [6, 6.07) is 5.63. The molecule has 1 aromatic heterocycles. The Morgan fingerprint density at radius 2 is 2.24 bits per heavy atom. The van der Waals surface area contributed by atoms with Crippen LogP contribution in [-0.4, -0.2) is 18.3 Å². The first-order chi connectivity index (χ1) is 8.02. The smallest absolute Gasteiger partial charge is 0.204 e. The van der Waals surface area contributed by atoms with Gasteiger partial charge >= 0.3 is 0 Å². The molecular weight excluding hydrogens is 257 g/mol. The van der Waals surface area contributed by atoms with E-state index in [1.165, 1.54) is 0 Å². The monoisotopic (exact) mass is 271 g/mol. The molecule has 0 saturated heterocycles. The number of fused-ring (bicyclic) bond motifs is 1. The van der Waals surface area contributed by atoms with E-state index in [0.717, 1.165) is 16.5 Å². The molecule has 1 unspecified atom stereocenters. The van der Waals surface area contributed by atoms with Crippen molar-refractivity contribution in [1.29, 1.82) is 0 Å². The molecule has 1 N–H and O–H groups in total. The molecule has 5 heteroatoms. The minimum absolute atomic E-state index is 0.432. The Morgan fingerprint density at radius 1 is 1.47 bits per heavy atom. The van der Waals surface area contributed by atoms with E-state index >= 15 is 0 Å². The second-order valence-electron chi connectivity index (χ2n) is 4.09. The predicted molar refractivity (Wildman–Crippen MR) is 72.2 cm³/mol. The Balaban J connectivity index is 2.36. The van der Waals surface area contributed by atoms with Crippen molar-refractivity contribution in [2.75, 3.05) is 13.3 Å². The maximum absolute atomic E-state index is 12.1. The van der Waals surface area contributed by atoms with Crippen LogP contribution in [0.15, 0.2) is 24.4 Å². The van der Waals surface area contributed by atoms with Crippen molar-refractivity contribution in [3.8, 4) is 0 Å². The molecule has 0 aliphatic carbocycles. The van der Waals surface area contributed by atoms with Crippen LogP contribution in [0.1, 0.15) is 12.5 Å². The number of H-pyrrole nitrogens is 1. The lowest BCUT2D eigenvalue weighted by molar-refractivity contribution is 0.336. The summed E-state index contributed by atoms with van der Waals surface area (Å²) in [4.78, 5) is 3.14. The maximum atomic E-state index is 12.1. The maximum Gasteiger partial charge on any atom is 0.204 e. The topological polar surface area (TPSA) is 42.1 Å². The Morgan fingerprint density at radius 3 is 2.94 bits per heavy atom. The van der Waals surface area contributed by atoms with Gasteiger partial charge in [0.25, 0.3) is 0 Å². The van der Waals surface area contributed by atoms with Crippen molar-refractivity contribution in [3.05, 3.63) is 35.0 Å². The average molecular weight is 272 g/mol. The SMILES string of the molecule is CCOP(C)(=O)Cc1c[nH]c2ccc(Cl)cc12. The second kappa shape index (κ2) is 4.85. The normalized spacial score (nSPS) is 15.0. The molecule has 1 aromatic carbocycles. The number of aromatic amines is 1. The summed E-state index contributed by atoms with van der Waals surface area (Å²) >= 11 is 5.97. The van der Waals surface area contributed by atoms with Crippen molar-refractivity contribution in [1.82, 2.24) is 4.98 Å². The summed E-state index contributed by atoms with van der Waals surface area (Å²) in [5, 5.41) is 1.69. The van der Waals surface area contributed by atoms with Gasteiger partial charge in [0.05, 0.1) is 12.8 Å². The minimum Gasteiger partial charge on any atom is -0.361 e. The van der Waals surface area contributed by atoms with Crippen LogP contribution in [0.3, 0.4) is 0 Å². The fourth-order valence-corrected chi connectivity index (χ4v) is 3.60. The van der Waals surface area contributed by atoms with E-state index in [2.05, 4.69) is 4.98 Å². The molecule has 92 valence electrons. The van der Waals surface area contributed by atoms with E-state index in [1.807, 2.05) is 31.3 Å². The zero-order valence-electron chi connectivity index (χ0n) is 9.87. The molecule has 0 aliphatic heterocycles. The molecule has 0 amide bonds. The van der Waals surface area contributed by atoms with Gasteiger partial charge in [-0.25, -0.2) is 0 Å². The average Bonchev–Trinajstić information content (AvgIpc) is 2.60. The van der Waals surface area contributed by atoms with Gasteiger partial charge in [0, 0.05) is 28.8 Å². The van der Waals surface area contributed by atoms with Gasteiger partial charge in [0.1, 0.15) is 0 Å². The van der Waals surface area contributed by atoms with Crippen molar-refractivity contribution >= 4 is 29.9 Å². The fraction of sp³-hybridized carbons (Fsp3) is 0.333. The fourth-order valence-electron chi connectivity index (χ4n) is 1.91. The van der Waals surface area contributed by atoms with Gasteiger partial charge in [-0.05, 0) is 30.7 Å². The highest BCUT2D eigenvalue weighted by atomic mass is 35.5. The van der Waals surface area contributed by atoms with E-state index < -0.39 is 7.37 Å². The molecule has 1 atom stereocenters. The van der Waals surface area contributed by atoms with Gasteiger partial charge < -0.3 is 9.51 Å². The van der Waals surface area contributed by atoms with Crippen LogP contribution in [0, 0.1) is 0 Å². The minimum atomic E-state index is -2.56. The number of hydrogen-bond donors (Lipinski definition) is 1. The number of benzene rings is 1. The highest BCUT2D eigenvalue weighted by Gasteiger charge is 2.18. The Bertz CT molecular complexity index is 579. The van der Waals surface area contributed by atoms with Gasteiger partial charge in [0.15, 0.2) is 0 Å². The quantitative estimate of drug-likeness (QED) is 0.844. The third kappa shape index (κ3) is 2.92. The molecule has 0 radical (unpaired) electrons. The standard InChI is InChI=1S/C12H15ClNO2P/c1-3-16-17(2,15)8-9-7-14-12-5-4-10(13)6-11(9)12/h4-7,14H,3,8H2,1-2H3. The molecular formula is C12H15ClNO2P. The Hall–Kier alpha value is -0.760. The first-order valence-electron chi connectivity index (χ1n) is 5.48. The summed E-state index contributed by atoms with van der Waals surface area (Å²) in [6.45, 7) is 3.99. The Kier molecular flexibility index (Phi) is 3.62. The number of nitrogens with one attached hydrogen (secondary N) is 1.